The Bertz CT molecular complexity index is 486. The SMILES string of the molecule is Cc1csc(Oc2cc(F)ccc2Br)n1. The molecule has 0 spiro atoms. The zero-order valence-electron chi connectivity index (χ0n) is 7.83. The zero-order valence-corrected chi connectivity index (χ0v) is 10.2. The topological polar surface area (TPSA) is 22.1 Å². The Morgan fingerprint density at radius 3 is 2.93 bits per heavy atom. The van der Waals surface area contributed by atoms with Gasteiger partial charge in [0.25, 0.3) is 5.19 Å². The summed E-state index contributed by atoms with van der Waals surface area (Å²) < 4.78 is 19.1. The normalized spacial score (nSPS) is 10.3. The molecule has 0 unspecified atom stereocenters. The van der Waals surface area contributed by atoms with Crippen LogP contribution in [-0.2, 0) is 0 Å². The average Bonchev–Trinajstić information content (AvgIpc) is 2.58. The molecule has 0 amide bonds. The second kappa shape index (κ2) is 4.28. The molecule has 5 heteroatoms. The van der Waals surface area contributed by atoms with Gasteiger partial charge in [-0.25, -0.2) is 9.37 Å². The van der Waals surface area contributed by atoms with E-state index in [0.717, 1.165) is 5.69 Å². The van der Waals surface area contributed by atoms with Gasteiger partial charge in [0.15, 0.2) is 0 Å². The van der Waals surface area contributed by atoms with Crippen molar-refractivity contribution in [1.82, 2.24) is 4.98 Å². The van der Waals surface area contributed by atoms with Crippen LogP contribution in [0.4, 0.5) is 4.39 Å². The smallest absolute Gasteiger partial charge is 0.278 e. The summed E-state index contributed by atoms with van der Waals surface area (Å²) in [5.74, 6) is 0.103. The van der Waals surface area contributed by atoms with E-state index in [2.05, 4.69) is 20.9 Å². The molecule has 0 aliphatic carbocycles. The van der Waals surface area contributed by atoms with Gasteiger partial charge in [-0.2, -0.15) is 0 Å². The van der Waals surface area contributed by atoms with Crippen LogP contribution in [0.2, 0.25) is 0 Å². The fourth-order valence-corrected chi connectivity index (χ4v) is 2.01. The molecule has 0 N–H and O–H groups in total. The van der Waals surface area contributed by atoms with Crippen molar-refractivity contribution in [3.63, 3.8) is 0 Å². The molecule has 0 fully saturated rings. The molecule has 0 atom stereocenters. The lowest BCUT2D eigenvalue weighted by atomic mass is 10.3. The minimum Gasteiger partial charge on any atom is -0.430 e. The first-order valence-corrected chi connectivity index (χ1v) is 5.87. The van der Waals surface area contributed by atoms with Crippen LogP contribution in [0.1, 0.15) is 5.69 Å². The predicted molar refractivity (Wildman–Crippen MR) is 61.0 cm³/mol. The molecule has 1 aromatic heterocycles. The van der Waals surface area contributed by atoms with E-state index in [1.807, 2.05) is 12.3 Å². The third-order valence-corrected chi connectivity index (χ3v) is 3.18. The van der Waals surface area contributed by atoms with Crippen molar-refractivity contribution in [2.45, 2.75) is 6.92 Å². The van der Waals surface area contributed by atoms with E-state index in [4.69, 9.17) is 4.74 Å². The number of thiazole rings is 1. The van der Waals surface area contributed by atoms with Crippen molar-refractivity contribution in [3.8, 4) is 10.9 Å². The largest absolute Gasteiger partial charge is 0.430 e. The summed E-state index contributed by atoms with van der Waals surface area (Å²) in [4.78, 5) is 4.13. The number of ether oxygens (including phenoxy) is 1. The van der Waals surface area contributed by atoms with Gasteiger partial charge in [0.05, 0.1) is 10.2 Å². The number of benzene rings is 1. The lowest BCUT2D eigenvalue weighted by Crippen LogP contribution is -1.86. The summed E-state index contributed by atoms with van der Waals surface area (Å²) in [5, 5.41) is 2.39. The number of aromatic nitrogens is 1. The van der Waals surface area contributed by atoms with Crippen molar-refractivity contribution < 1.29 is 9.13 Å². The molecular weight excluding hydrogens is 281 g/mol. The van der Waals surface area contributed by atoms with E-state index in [-0.39, 0.29) is 5.82 Å². The number of nitrogens with zero attached hydrogens (tertiary/aromatic N) is 1. The Labute approximate surface area is 98.9 Å². The molecule has 78 valence electrons. The van der Waals surface area contributed by atoms with Gasteiger partial charge in [0, 0.05) is 11.4 Å². The number of aryl methyl sites for hydroxylation is 1. The number of rotatable bonds is 2. The molecule has 1 aromatic carbocycles. The minimum atomic E-state index is -0.332. The average molecular weight is 288 g/mol. The van der Waals surface area contributed by atoms with E-state index < -0.39 is 0 Å². The quantitative estimate of drug-likeness (QED) is 0.828. The molecule has 0 aliphatic heterocycles. The summed E-state index contributed by atoms with van der Waals surface area (Å²) in [6.07, 6.45) is 0. The van der Waals surface area contributed by atoms with Crippen LogP contribution in [0.25, 0.3) is 0 Å². The maximum absolute atomic E-state index is 12.9. The van der Waals surface area contributed by atoms with Gasteiger partial charge in [-0.3, -0.25) is 0 Å². The summed E-state index contributed by atoms with van der Waals surface area (Å²) >= 11 is 4.66. The van der Waals surface area contributed by atoms with E-state index in [9.17, 15) is 4.39 Å². The Hall–Kier alpha value is -0.940. The zero-order chi connectivity index (χ0) is 10.8. The highest BCUT2D eigenvalue weighted by Crippen LogP contribution is 2.31. The second-order valence-corrected chi connectivity index (χ2v) is 4.61. The van der Waals surface area contributed by atoms with E-state index >= 15 is 0 Å². The van der Waals surface area contributed by atoms with Gasteiger partial charge in [-0.1, -0.05) is 11.3 Å². The highest BCUT2D eigenvalue weighted by molar-refractivity contribution is 9.10. The van der Waals surface area contributed by atoms with E-state index in [0.29, 0.717) is 15.4 Å². The number of halogens is 2. The summed E-state index contributed by atoms with van der Waals surface area (Å²) in [7, 11) is 0. The molecule has 0 aliphatic rings. The highest BCUT2D eigenvalue weighted by atomic mass is 79.9. The fourth-order valence-electron chi connectivity index (χ4n) is 1.03. The second-order valence-electron chi connectivity index (χ2n) is 2.93. The molecule has 2 nitrogen and oxygen atoms in total. The highest BCUT2D eigenvalue weighted by Gasteiger charge is 2.06. The van der Waals surface area contributed by atoms with Crippen LogP contribution in [0, 0.1) is 12.7 Å². The van der Waals surface area contributed by atoms with Crippen molar-refractivity contribution in [1.29, 1.82) is 0 Å². The minimum absolute atomic E-state index is 0.332. The van der Waals surface area contributed by atoms with Gasteiger partial charge in [0.2, 0.25) is 0 Å². The molecule has 1 heterocycles. The molecular formula is C10H7BrFNOS. The predicted octanol–water partition coefficient (Wildman–Crippen LogP) is 4.15. The maximum atomic E-state index is 12.9. The lowest BCUT2D eigenvalue weighted by molar-refractivity contribution is 0.469. The molecule has 2 aromatic rings. The maximum Gasteiger partial charge on any atom is 0.278 e. The Morgan fingerprint density at radius 1 is 1.47 bits per heavy atom. The summed E-state index contributed by atoms with van der Waals surface area (Å²) in [6.45, 7) is 1.88. The molecule has 15 heavy (non-hydrogen) atoms. The third kappa shape index (κ3) is 2.54. The van der Waals surface area contributed by atoms with Crippen LogP contribution < -0.4 is 4.74 Å². The number of hydrogen-bond acceptors (Lipinski definition) is 3. The third-order valence-electron chi connectivity index (χ3n) is 1.69. The summed E-state index contributed by atoms with van der Waals surface area (Å²) in [5.41, 5.74) is 0.891. The van der Waals surface area contributed by atoms with Crippen LogP contribution in [0.15, 0.2) is 28.1 Å². The summed E-state index contributed by atoms with van der Waals surface area (Å²) in [6, 6.07) is 4.29. The van der Waals surface area contributed by atoms with Gasteiger partial charge in [0.1, 0.15) is 11.6 Å². The van der Waals surface area contributed by atoms with Crippen molar-refractivity contribution in [2.75, 3.05) is 0 Å². The van der Waals surface area contributed by atoms with Crippen molar-refractivity contribution in [2.24, 2.45) is 0 Å². The van der Waals surface area contributed by atoms with Crippen LogP contribution in [0.3, 0.4) is 0 Å². The molecule has 0 bridgehead atoms. The van der Waals surface area contributed by atoms with Crippen molar-refractivity contribution in [3.05, 3.63) is 39.6 Å². The first-order valence-electron chi connectivity index (χ1n) is 4.20. The van der Waals surface area contributed by atoms with Gasteiger partial charge in [-0.15, -0.1) is 0 Å². The number of hydrogen-bond donors (Lipinski definition) is 0. The standard InChI is InChI=1S/C10H7BrFNOS/c1-6-5-15-10(13-6)14-9-4-7(12)2-3-8(9)11/h2-5H,1H3. The molecule has 0 radical (unpaired) electrons. The lowest BCUT2D eigenvalue weighted by Gasteiger charge is -2.03. The molecule has 2 rings (SSSR count). The van der Waals surface area contributed by atoms with E-state index in [1.54, 1.807) is 6.07 Å². The van der Waals surface area contributed by atoms with Gasteiger partial charge in [-0.05, 0) is 35.0 Å². The fraction of sp³-hybridized carbons (Fsp3) is 0.100. The Balaban J connectivity index is 2.27. The Morgan fingerprint density at radius 2 is 2.27 bits per heavy atom. The van der Waals surface area contributed by atoms with Gasteiger partial charge >= 0.3 is 0 Å². The van der Waals surface area contributed by atoms with Crippen LogP contribution >= 0.6 is 27.3 Å². The molecule has 0 saturated heterocycles. The first-order chi connectivity index (χ1) is 7.15. The Kier molecular flexibility index (Phi) is 3.02. The van der Waals surface area contributed by atoms with E-state index in [1.165, 1.54) is 23.5 Å². The van der Waals surface area contributed by atoms with Gasteiger partial charge < -0.3 is 4.74 Å². The monoisotopic (exact) mass is 287 g/mol. The molecule has 0 saturated carbocycles. The van der Waals surface area contributed by atoms with Crippen LogP contribution in [-0.4, -0.2) is 4.98 Å². The van der Waals surface area contributed by atoms with Crippen LogP contribution in [0.5, 0.6) is 10.9 Å². The van der Waals surface area contributed by atoms with Crippen molar-refractivity contribution >= 4 is 27.3 Å². The first kappa shape index (κ1) is 10.6.